The topological polar surface area (TPSA) is 23.5 Å². The predicted octanol–water partition coefficient (Wildman–Crippen LogP) is 2.80. The number of nitrogens with zero attached hydrogens (tertiary/aromatic N) is 1. The van der Waals surface area contributed by atoms with Crippen LogP contribution in [0.2, 0.25) is 0 Å². The quantitative estimate of drug-likeness (QED) is 0.795. The minimum Gasteiger partial charge on any atom is -0.393 e. The van der Waals surface area contributed by atoms with E-state index in [2.05, 4.69) is 4.90 Å². The van der Waals surface area contributed by atoms with Crippen molar-refractivity contribution in [1.29, 1.82) is 0 Å². The van der Waals surface area contributed by atoms with Crippen molar-refractivity contribution in [3.8, 4) is 0 Å². The molecule has 1 aliphatic heterocycles. The predicted molar refractivity (Wildman–Crippen MR) is 67.5 cm³/mol. The fourth-order valence-electron chi connectivity index (χ4n) is 3.14. The molecule has 2 rings (SSSR count). The van der Waals surface area contributed by atoms with Gasteiger partial charge in [0, 0.05) is 12.6 Å². The van der Waals surface area contributed by atoms with Crippen LogP contribution in [-0.4, -0.2) is 35.2 Å². The molecule has 0 radical (unpaired) electrons. The van der Waals surface area contributed by atoms with Crippen molar-refractivity contribution >= 4 is 0 Å². The van der Waals surface area contributed by atoms with Crippen LogP contribution in [0.4, 0.5) is 0 Å². The Bertz CT molecular complexity index is 201. The smallest absolute Gasteiger partial charge is 0.0527 e. The Kier molecular flexibility index (Phi) is 4.66. The van der Waals surface area contributed by atoms with Gasteiger partial charge < -0.3 is 10.0 Å². The van der Waals surface area contributed by atoms with Gasteiger partial charge in [-0.1, -0.05) is 19.3 Å². The summed E-state index contributed by atoms with van der Waals surface area (Å²) in [5, 5.41) is 9.59. The van der Waals surface area contributed by atoms with Crippen molar-refractivity contribution in [3.05, 3.63) is 0 Å². The summed E-state index contributed by atoms with van der Waals surface area (Å²) in [7, 11) is 0. The Hall–Kier alpha value is -0.0800. The average molecular weight is 225 g/mol. The molecule has 0 aromatic heterocycles. The highest BCUT2D eigenvalue weighted by atomic mass is 16.3. The summed E-state index contributed by atoms with van der Waals surface area (Å²) < 4.78 is 0. The largest absolute Gasteiger partial charge is 0.393 e. The van der Waals surface area contributed by atoms with Crippen molar-refractivity contribution in [2.24, 2.45) is 5.92 Å². The standard InChI is InChI=1S/C14H27NO/c1-12(16)10-14-8-3-2-4-9-15(14)11-13-6-5-7-13/h12-14,16H,2-11H2,1H3. The Morgan fingerprint density at radius 2 is 1.94 bits per heavy atom. The Labute approximate surface area is 100 Å². The van der Waals surface area contributed by atoms with E-state index in [0.717, 1.165) is 12.3 Å². The van der Waals surface area contributed by atoms with Gasteiger partial charge in [0.15, 0.2) is 0 Å². The molecule has 1 N–H and O–H groups in total. The van der Waals surface area contributed by atoms with E-state index in [-0.39, 0.29) is 6.10 Å². The molecule has 94 valence electrons. The molecule has 1 saturated carbocycles. The van der Waals surface area contributed by atoms with E-state index in [1.807, 2.05) is 6.92 Å². The molecule has 1 aliphatic carbocycles. The van der Waals surface area contributed by atoms with E-state index in [1.54, 1.807) is 0 Å². The fraction of sp³-hybridized carbons (Fsp3) is 1.00. The van der Waals surface area contributed by atoms with Gasteiger partial charge in [0.25, 0.3) is 0 Å². The number of hydrogen-bond donors (Lipinski definition) is 1. The van der Waals surface area contributed by atoms with E-state index in [4.69, 9.17) is 0 Å². The third kappa shape index (κ3) is 3.46. The number of aliphatic hydroxyl groups excluding tert-OH is 1. The third-order valence-electron chi connectivity index (χ3n) is 4.33. The lowest BCUT2D eigenvalue weighted by Crippen LogP contribution is -2.41. The SMILES string of the molecule is CC(O)CC1CCCCCN1CC1CCC1. The minimum absolute atomic E-state index is 0.132. The number of aliphatic hydroxyl groups is 1. The fourth-order valence-corrected chi connectivity index (χ4v) is 3.14. The number of rotatable bonds is 4. The molecule has 0 aromatic rings. The van der Waals surface area contributed by atoms with Crippen LogP contribution >= 0.6 is 0 Å². The molecule has 2 nitrogen and oxygen atoms in total. The summed E-state index contributed by atoms with van der Waals surface area (Å²) >= 11 is 0. The zero-order chi connectivity index (χ0) is 11.4. The molecule has 1 heterocycles. The molecule has 2 aliphatic rings. The van der Waals surface area contributed by atoms with Crippen molar-refractivity contribution in [3.63, 3.8) is 0 Å². The summed E-state index contributed by atoms with van der Waals surface area (Å²) in [6, 6.07) is 0.656. The molecule has 1 saturated heterocycles. The molecule has 2 atom stereocenters. The Morgan fingerprint density at radius 1 is 1.12 bits per heavy atom. The van der Waals surface area contributed by atoms with Gasteiger partial charge in [0.05, 0.1) is 6.10 Å². The van der Waals surface area contributed by atoms with Gasteiger partial charge >= 0.3 is 0 Å². The first-order chi connectivity index (χ1) is 7.75. The molecule has 0 spiro atoms. The van der Waals surface area contributed by atoms with Crippen molar-refractivity contribution < 1.29 is 5.11 Å². The van der Waals surface area contributed by atoms with Crippen LogP contribution in [0.25, 0.3) is 0 Å². The van der Waals surface area contributed by atoms with Crippen LogP contribution in [0, 0.1) is 5.92 Å². The van der Waals surface area contributed by atoms with Crippen LogP contribution < -0.4 is 0 Å². The second-order valence-corrected chi connectivity index (χ2v) is 5.88. The van der Waals surface area contributed by atoms with Gasteiger partial charge in [-0.15, -0.1) is 0 Å². The average Bonchev–Trinajstić information content (AvgIpc) is 2.37. The monoisotopic (exact) mass is 225 g/mol. The van der Waals surface area contributed by atoms with Crippen LogP contribution in [0.1, 0.15) is 58.3 Å². The van der Waals surface area contributed by atoms with Gasteiger partial charge in [-0.05, 0) is 51.5 Å². The maximum absolute atomic E-state index is 9.59. The van der Waals surface area contributed by atoms with E-state index >= 15 is 0 Å². The number of hydrogen-bond acceptors (Lipinski definition) is 2. The molecule has 2 unspecified atom stereocenters. The molecule has 2 fully saturated rings. The molecule has 16 heavy (non-hydrogen) atoms. The first-order valence-corrected chi connectivity index (χ1v) is 7.18. The van der Waals surface area contributed by atoms with E-state index in [1.165, 1.54) is 58.0 Å². The second kappa shape index (κ2) is 6.02. The number of likely N-dealkylation sites (tertiary alicyclic amines) is 1. The Balaban J connectivity index is 1.86. The van der Waals surface area contributed by atoms with Crippen LogP contribution in [0.15, 0.2) is 0 Å². The van der Waals surface area contributed by atoms with Gasteiger partial charge in [-0.25, -0.2) is 0 Å². The lowest BCUT2D eigenvalue weighted by Gasteiger charge is -2.37. The summed E-state index contributed by atoms with van der Waals surface area (Å²) in [6.07, 6.45) is 10.6. The minimum atomic E-state index is -0.132. The van der Waals surface area contributed by atoms with E-state index < -0.39 is 0 Å². The van der Waals surface area contributed by atoms with E-state index in [9.17, 15) is 5.11 Å². The first kappa shape index (κ1) is 12.4. The third-order valence-corrected chi connectivity index (χ3v) is 4.33. The van der Waals surface area contributed by atoms with Gasteiger partial charge in [-0.2, -0.15) is 0 Å². The van der Waals surface area contributed by atoms with Crippen LogP contribution in [0.3, 0.4) is 0 Å². The highest BCUT2D eigenvalue weighted by Crippen LogP contribution is 2.30. The van der Waals surface area contributed by atoms with Crippen molar-refractivity contribution in [1.82, 2.24) is 4.90 Å². The summed E-state index contributed by atoms with van der Waals surface area (Å²) in [5.41, 5.74) is 0. The molecule has 0 bridgehead atoms. The molecular weight excluding hydrogens is 198 g/mol. The molecule has 0 aromatic carbocycles. The first-order valence-electron chi connectivity index (χ1n) is 7.18. The van der Waals surface area contributed by atoms with Crippen LogP contribution in [0.5, 0.6) is 0 Å². The second-order valence-electron chi connectivity index (χ2n) is 5.88. The zero-order valence-corrected chi connectivity index (χ0v) is 10.7. The summed E-state index contributed by atoms with van der Waals surface area (Å²) in [5.74, 6) is 0.967. The highest BCUT2D eigenvalue weighted by molar-refractivity contribution is 4.81. The van der Waals surface area contributed by atoms with Gasteiger partial charge in [0.2, 0.25) is 0 Å². The van der Waals surface area contributed by atoms with Gasteiger partial charge in [0.1, 0.15) is 0 Å². The van der Waals surface area contributed by atoms with Crippen LogP contribution in [-0.2, 0) is 0 Å². The molecular formula is C14H27NO. The summed E-state index contributed by atoms with van der Waals surface area (Å²) in [4.78, 5) is 2.68. The van der Waals surface area contributed by atoms with Crippen molar-refractivity contribution in [2.75, 3.05) is 13.1 Å². The molecule has 0 amide bonds. The maximum Gasteiger partial charge on any atom is 0.0527 e. The summed E-state index contributed by atoms with van der Waals surface area (Å²) in [6.45, 7) is 4.51. The van der Waals surface area contributed by atoms with Crippen molar-refractivity contribution in [2.45, 2.75) is 70.4 Å². The maximum atomic E-state index is 9.59. The Morgan fingerprint density at radius 3 is 2.56 bits per heavy atom. The lowest BCUT2D eigenvalue weighted by molar-refractivity contribution is 0.0877. The molecule has 2 heteroatoms. The van der Waals surface area contributed by atoms with Gasteiger partial charge in [-0.3, -0.25) is 0 Å². The lowest BCUT2D eigenvalue weighted by atomic mass is 9.84. The normalized spacial score (nSPS) is 30.8. The highest BCUT2D eigenvalue weighted by Gasteiger charge is 2.27. The zero-order valence-electron chi connectivity index (χ0n) is 10.7. The van der Waals surface area contributed by atoms with E-state index in [0.29, 0.717) is 6.04 Å².